The molecule has 62 valence electrons. The Bertz CT molecular complexity index is 190. The molecule has 0 spiro atoms. The van der Waals surface area contributed by atoms with Crippen molar-refractivity contribution in [1.29, 1.82) is 0 Å². The van der Waals surface area contributed by atoms with E-state index >= 15 is 0 Å². The van der Waals surface area contributed by atoms with Crippen molar-refractivity contribution in [2.45, 2.75) is 0 Å². The maximum absolute atomic E-state index is 8.40. The van der Waals surface area contributed by atoms with Crippen LogP contribution in [0.2, 0.25) is 0 Å². The molecule has 0 aromatic carbocycles. The summed E-state index contributed by atoms with van der Waals surface area (Å²) in [5.41, 5.74) is 0. The van der Waals surface area contributed by atoms with Gasteiger partial charge in [-0.2, -0.15) is 0 Å². The minimum Gasteiger partial charge on any atom is -0.463 e. The molecule has 0 bridgehead atoms. The highest BCUT2D eigenvalue weighted by Gasteiger charge is 2.04. The Kier molecular flexibility index (Phi) is 3.15. The second-order valence-corrected chi connectivity index (χ2v) is 2.50. The topological polar surface area (TPSA) is 58.9 Å². The minimum absolute atomic E-state index is 0.387. The van der Waals surface area contributed by atoms with E-state index in [1.54, 1.807) is 11.4 Å². The van der Waals surface area contributed by atoms with Gasteiger partial charge >= 0.3 is 0 Å². The molecular weight excluding hydrogens is 168 g/mol. The molecule has 0 radical (unpaired) electrons. The van der Waals surface area contributed by atoms with Crippen molar-refractivity contribution in [3.8, 4) is 10.8 Å². The molecule has 0 aliphatic rings. The summed E-state index contributed by atoms with van der Waals surface area (Å²) in [7, 11) is 0. The first-order valence-electron chi connectivity index (χ1n) is 2.93. The van der Waals surface area contributed by atoms with Gasteiger partial charge in [-0.3, -0.25) is 0 Å². The first kappa shape index (κ1) is 8.32. The first-order chi connectivity index (χ1) is 5.38. The van der Waals surface area contributed by atoms with Gasteiger partial charge in [0.05, 0.1) is 0 Å². The molecule has 2 N–H and O–H groups in total. The van der Waals surface area contributed by atoms with E-state index in [4.69, 9.17) is 19.7 Å². The lowest BCUT2D eigenvalue weighted by atomic mass is 10.6. The molecule has 1 heterocycles. The van der Waals surface area contributed by atoms with Crippen LogP contribution in [0.25, 0.3) is 0 Å². The molecule has 0 aliphatic heterocycles. The van der Waals surface area contributed by atoms with Gasteiger partial charge in [-0.05, 0) is 11.4 Å². The van der Waals surface area contributed by atoms with Gasteiger partial charge in [0.15, 0.2) is 19.3 Å². The van der Waals surface area contributed by atoms with Crippen molar-refractivity contribution in [1.82, 2.24) is 0 Å². The van der Waals surface area contributed by atoms with E-state index in [1.807, 2.05) is 0 Å². The third kappa shape index (κ3) is 2.07. The second-order valence-electron chi connectivity index (χ2n) is 1.62. The number of hydrogen-bond donors (Lipinski definition) is 2. The predicted octanol–water partition coefficient (Wildman–Crippen LogP) is 0.405. The maximum atomic E-state index is 8.40. The highest BCUT2D eigenvalue weighted by Crippen LogP contribution is 2.33. The van der Waals surface area contributed by atoms with E-state index in [2.05, 4.69) is 0 Å². The molecule has 4 nitrogen and oxygen atoms in total. The molecule has 0 aliphatic carbocycles. The Labute approximate surface area is 67.6 Å². The van der Waals surface area contributed by atoms with E-state index in [1.165, 1.54) is 11.3 Å². The number of thiophene rings is 1. The fourth-order valence-corrected chi connectivity index (χ4v) is 1.30. The quantitative estimate of drug-likeness (QED) is 0.652. The van der Waals surface area contributed by atoms with Crippen LogP contribution >= 0.6 is 11.3 Å². The smallest absolute Gasteiger partial charge is 0.219 e. The molecule has 11 heavy (non-hydrogen) atoms. The Balaban J connectivity index is 2.62. The highest BCUT2D eigenvalue weighted by molar-refractivity contribution is 7.12. The molecule has 0 saturated heterocycles. The molecule has 0 atom stereocenters. The lowest BCUT2D eigenvalue weighted by Crippen LogP contribution is -1.97. The lowest BCUT2D eigenvalue weighted by molar-refractivity contribution is 0.0776. The molecule has 0 saturated carbocycles. The van der Waals surface area contributed by atoms with Crippen molar-refractivity contribution in [2.24, 2.45) is 0 Å². The third-order valence-corrected chi connectivity index (χ3v) is 1.82. The lowest BCUT2D eigenvalue weighted by Gasteiger charge is -2.02. The normalized spacial score (nSPS) is 9.64. The van der Waals surface area contributed by atoms with Gasteiger partial charge in [0.25, 0.3) is 0 Å². The molecular formula is C6H8O4S. The van der Waals surface area contributed by atoms with Crippen LogP contribution in [0, 0.1) is 0 Å². The average Bonchev–Trinajstić information content (AvgIpc) is 2.39. The zero-order valence-electron chi connectivity index (χ0n) is 5.69. The highest BCUT2D eigenvalue weighted by atomic mass is 32.1. The Hall–Kier alpha value is -0.780. The minimum atomic E-state index is -0.390. The number of hydrogen-bond acceptors (Lipinski definition) is 5. The van der Waals surface area contributed by atoms with Gasteiger partial charge in [-0.15, -0.1) is 11.3 Å². The molecule has 1 aromatic heterocycles. The van der Waals surface area contributed by atoms with Gasteiger partial charge in [0.2, 0.25) is 5.06 Å². The standard InChI is InChI=1S/C6H8O4S/c7-3-9-5-1-2-11-6(5)10-4-8/h1-2,7-8H,3-4H2. The van der Waals surface area contributed by atoms with Crippen LogP contribution < -0.4 is 9.47 Å². The van der Waals surface area contributed by atoms with Gasteiger partial charge in [-0.25, -0.2) is 0 Å². The van der Waals surface area contributed by atoms with Crippen LogP contribution in [-0.4, -0.2) is 23.8 Å². The zero-order chi connectivity index (χ0) is 8.10. The number of aliphatic hydroxyl groups is 2. The summed E-state index contributed by atoms with van der Waals surface area (Å²) in [6.07, 6.45) is 0. The number of ether oxygens (including phenoxy) is 2. The summed E-state index contributed by atoms with van der Waals surface area (Å²) in [5, 5.41) is 19.0. The van der Waals surface area contributed by atoms with Crippen molar-refractivity contribution >= 4 is 11.3 Å². The molecule has 1 rings (SSSR count). The zero-order valence-corrected chi connectivity index (χ0v) is 6.50. The second kappa shape index (κ2) is 4.17. The summed E-state index contributed by atoms with van der Waals surface area (Å²) in [5.74, 6) is 0.451. The fraction of sp³-hybridized carbons (Fsp3) is 0.333. The van der Waals surface area contributed by atoms with E-state index < -0.39 is 6.79 Å². The number of aliphatic hydroxyl groups excluding tert-OH is 2. The third-order valence-electron chi connectivity index (χ3n) is 1.01. The largest absolute Gasteiger partial charge is 0.463 e. The van der Waals surface area contributed by atoms with Crippen LogP contribution in [0.4, 0.5) is 0 Å². The Morgan fingerprint density at radius 3 is 2.64 bits per heavy atom. The molecule has 0 fully saturated rings. The molecule has 0 amide bonds. The van der Waals surface area contributed by atoms with Crippen molar-refractivity contribution in [3.63, 3.8) is 0 Å². The summed E-state index contributed by atoms with van der Waals surface area (Å²) < 4.78 is 9.53. The summed E-state index contributed by atoms with van der Waals surface area (Å²) in [4.78, 5) is 0. The van der Waals surface area contributed by atoms with Gasteiger partial charge in [0.1, 0.15) is 0 Å². The molecule has 1 aromatic rings. The predicted molar refractivity (Wildman–Crippen MR) is 39.7 cm³/mol. The van der Waals surface area contributed by atoms with Crippen LogP contribution in [0.5, 0.6) is 10.8 Å². The van der Waals surface area contributed by atoms with Crippen LogP contribution in [0.3, 0.4) is 0 Å². The van der Waals surface area contributed by atoms with Gasteiger partial charge in [0, 0.05) is 0 Å². The van der Waals surface area contributed by atoms with Crippen LogP contribution in [0.15, 0.2) is 11.4 Å². The average molecular weight is 176 g/mol. The molecule has 0 unspecified atom stereocenters. The van der Waals surface area contributed by atoms with Crippen LogP contribution in [-0.2, 0) is 0 Å². The monoisotopic (exact) mass is 176 g/mol. The Morgan fingerprint density at radius 2 is 2.00 bits per heavy atom. The Morgan fingerprint density at radius 1 is 1.27 bits per heavy atom. The van der Waals surface area contributed by atoms with Gasteiger partial charge in [-0.1, -0.05) is 0 Å². The van der Waals surface area contributed by atoms with Gasteiger partial charge < -0.3 is 19.7 Å². The van der Waals surface area contributed by atoms with Crippen molar-refractivity contribution < 1.29 is 19.7 Å². The maximum Gasteiger partial charge on any atom is 0.219 e. The number of rotatable bonds is 4. The van der Waals surface area contributed by atoms with Crippen LogP contribution in [0.1, 0.15) is 0 Å². The summed E-state index contributed by atoms with van der Waals surface area (Å²) in [6.45, 7) is -0.777. The molecule has 5 heteroatoms. The van der Waals surface area contributed by atoms with E-state index in [0.717, 1.165) is 0 Å². The fourth-order valence-electron chi connectivity index (χ4n) is 0.624. The SMILES string of the molecule is OCOc1ccsc1OCO. The van der Waals surface area contributed by atoms with E-state index in [-0.39, 0.29) is 6.79 Å². The van der Waals surface area contributed by atoms with E-state index in [9.17, 15) is 0 Å². The van der Waals surface area contributed by atoms with Crippen molar-refractivity contribution in [2.75, 3.05) is 13.6 Å². The summed E-state index contributed by atoms with van der Waals surface area (Å²) in [6, 6.07) is 1.66. The summed E-state index contributed by atoms with van der Waals surface area (Å²) >= 11 is 1.30. The first-order valence-corrected chi connectivity index (χ1v) is 3.81. The van der Waals surface area contributed by atoms with E-state index in [0.29, 0.717) is 10.8 Å². The van der Waals surface area contributed by atoms with Crippen molar-refractivity contribution in [3.05, 3.63) is 11.4 Å².